The molecular weight excluding hydrogens is 270 g/mol. The predicted octanol–water partition coefficient (Wildman–Crippen LogP) is 3.46. The molecule has 1 aromatic carbocycles. The average molecular weight is 287 g/mol. The van der Waals surface area contributed by atoms with Crippen LogP contribution in [-0.2, 0) is 0 Å². The summed E-state index contributed by atoms with van der Waals surface area (Å²) >= 11 is 1.48. The molecule has 4 heteroatoms. The van der Waals surface area contributed by atoms with E-state index in [4.69, 9.17) is 0 Å². The van der Waals surface area contributed by atoms with E-state index in [2.05, 4.69) is 0 Å². The first-order chi connectivity index (χ1) is 9.56. The number of hydrogen-bond acceptors (Lipinski definition) is 3. The summed E-state index contributed by atoms with van der Waals surface area (Å²) in [5.41, 5.74) is 2.09. The van der Waals surface area contributed by atoms with E-state index in [-0.39, 0.29) is 11.3 Å². The van der Waals surface area contributed by atoms with E-state index in [0.29, 0.717) is 10.5 Å². The van der Waals surface area contributed by atoms with Crippen molar-refractivity contribution in [3.05, 3.63) is 58.0 Å². The molecule has 0 fully saturated rings. The Kier molecular flexibility index (Phi) is 4.45. The summed E-state index contributed by atoms with van der Waals surface area (Å²) in [6.45, 7) is 5.37. The predicted molar refractivity (Wildman–Crippen MR) is 83.2 cm³/mol. The zero-order chi connectivity index (χ0) is 14.7. The van der Waals surface area contributed by atoms with Gasteiger partial charge in [-0.25, -0.2) is 0 Å². The normalized spacial score (nSPS) is 10.6. The fourth-order valence-electron chi connectivity index (χ4n) is 2.13. The second-order valence-electron chi connectivity index (χ2n) is 4.50. The molecule has 1 aromatic heterocycles. The van der Waals surface area contributed by atoms with E-state index in [1.165, 1.54) is 18.7 Å². The highest BCUT2D eigenvalue weighted by Crippen LogP contribution is 2.22. The number of nitrogens with zero attached hydrogens (tertiary/aromatic N) is 1. The number of aromatic nitrogens is 1. The number of ketones is 1. The van der Waals surface area contributed by atoms with Crippen LogP contribution in [0.15, 0.2) is 46.2 Å². The lowest BCUT2D eigenvalue weighted by atomic mass is 10.1. The molecule has 0 amide bonds. The summed E-state index contributed by atoms with van der Waals surface area (Å²) in [4.78, 5) is 25.0. The number of Topliss-reactive ketones (excluding diaryl/α,β-unsaturated/α-hetero) is 1. The van der Waals surface area contributed by atoms with Crippen molar-refractivity contribution in [1.29, 1.82) is 0 Å². The minimum absolute atomic E-state index is 0.0230. The van der Waals surface area contributed by atoms with Gasteiger partial charge in [-0.15, -0.1) is 11.8 Å². The van der Waals surface area contributed by atoms with Crippen molar-refractivity contribution in [1.82, 2.24) is 4.57 Å². The fourth-order valence-corrected chi connectivity index (χ4v) is 2.96. The van der Waals surface area contributed by atoms with Crippen molar-refractivity contribution in [3.8, 4) is 5.69 Å². The summed E-state index contributed by atoms with van der Waals surface area (Å²) in [7, 11) is 0. The van der Waals surface area contributed by atoms with Gasteiger partial charge in [0, 0.05) is 17.4 Å². The van der Waals surface area contributed by atoms with Crippen LogP contribution >= 0.6 is 11.8 Å². The van der Waals surface area contributed by atoms with Gasteiger partial charge in [0.05, 0.1) is 4.90 Å². The quantitative estimate of drug-likeness (QED) is 0.638. The summed E-state index contributed by atoms with van der Waals surface area (Å²) < 4.78 is 1.56. The Balaban J connectivity index is 2.75. The first kappa shape index (κ1) is 14.6. The maximum atomic E-state index is 12.6. The number of carbonyl (C=O) groups is 1. The number of hydrogen-bond donors (Lipinski definition) is 0. The molecule has 1 heterocycles. The molecule has 20 heavy (non-hydrogen) atoms. The topological polar surface area (TPSA) is 39.1 Å². The SMILES string of the molecule is CCSc1c(C)c(C(C)=O)cn(-c2ccccc2)c1=O. The van der Waals surface area contributed by atoms with Crippen molar-refractivity contribution in [3.63, 3.8) is 0 Å². The lowest BCUT2D eigenvalue weighted by Crippen LogP contribution is -2.23. The van der Waals surface area contributed by atoms with Gasteiger partial charge in [0.15, 0.2) is 5.78 Å². The second kappa shape index (κ2) is 6.09. The van der Waals surface area contributed by atoms with E-state index >= 15 is 0 Å². The summed E-state index contributed by atoms with van der Waals surface area (Å²) in [6.07, 6.45) is 1.65. The van der Waals surface area contributed by atoms with E-state index in [0.717, 1.165) is 17.0 Å². The Morgan fingerprint density at radius 2 is 1.90 bits per heavy atom. The van der Waals surface area contributed by atoms with Crippen LogP contribution in [0.2, 0.25) is 0 Å². The molecule has 0 unspecified atom stereocenters. The van der Waals surface area contributed by atoms with E-state index in [1.54, 1.807) is 10.8 Å². The molecule has 0 aliphatic heterocycles. The fraction of sp³-hybridized carbons (Fsp3) is 0.250. The molecule has 0 saturated heterocycles. The molecule has 0 atom stereocenters. The molecule has 0 radical (unpaired) electrons. The van der Waals surface area contributed by atoms with Crippen LogP contribution in [0.4, 0.5) is 0 Å². The molecule has 0 aliphatic rings. The summed E-state index contributed by atoms with van der Waals surface area (Å²) in [6, 6.07) is 9.38. The van der Waals surface area contributed by atoms with E-state index in [9.17, 15) is 9.59 Å². The van der Waals surface area contributed by atoms with Gasteiger partial charge in [-0.1, -0.05) is 25.1 Å². The lowest BCUT2D eigenvalue weighted by Gasteiger charge is -2.13. The number of para-hydroxylation sites is 1. The van der Waals surface area contributed by atoms with Gasteiger partial charge < -0.3 is 0 Å². The molecule has 104 valence electrons. The first-order valence-electron chi connectivity index (χ1n) is 6.51. The third kappa shape index (κ3) is 2.70. The van der Waals surface area contributed by atoms with Crippen LogP contribution in [0.25, 0.3) is 5.69 Å². The highest BCUT2D eigenvalue weighted by molar-refractivity contribution is 7.99. The van der Waals surface area contributed by atoms with Gasteiger partial charge in [0.2, 0.25) is 0 Å². The molecule has 2 aromatic rings. The Bertz CT molecular complexity index is 690. The smallest absolute Gasteiger partial charge is 0.269 e. The molecule has 0 N–H and O–H groups in total. The Hall–Kier alpha value is -1.81. The van der Waals surface area contributed by atoms with Crippen LogP contribution in [0.5, 0.6) is 0 Å². The maximum absolute atomic E-state index is 12.6. The standard InChI is InChI=1S/C16H17NO2S/c1-4-20-15-11(2)14(12(3)18)10-17(16(15)19)13-8-6-5-7-9-13/h5-10H,4H2,1-3H3. The Morgan fingerprint density at radius 1 is 1.25 bits per heavy atom. The molecule has 0 saturated carbocycles. The first-order valence-corrected chi connectivity index (χ1v) is 7.50. The van der Waals surface area contributed by atoms with Crippen molar-refractivity contribution in [2.24, 2.45) is 0 Å². The summed E-state index contributed by atoms with van der Waals surface area (Å²) in [5.74, 6) is 0.775. The summed E-state index contributed by atoms with van der Waals surface area (Å²) in [5, 5.41) is 0. The van der Waals surface area contributed by atoms with Gasteiger partial charge in [-0.2, -0.15) is 0 Å². The van der Waals surface area contributed by atoms with Crippen LogP contribution in [0.3, 0.4) is 0 Å². The number of benzene rings is 1. The largest absolute Gasteiger partial charge is 0.294 e. The van der Waals surface area contributed by atoms with Crippen LogP contribution in [0, 0.1) is 6.92 Å². The molecule has 0 bridgehead atoms. The zero-order valence-electron chi connectivity index (χ0n) is 11.8. The third-order valence-electron chi connectivity index (χ3n) is 3.12. The van der Waals surface area contributed by atoms with E-state index < -0.39 is 0 Å². The van der Waals surface area contributed by atoms with Crippen LogP contribution in [0.1, 0.15) is 29.8 Å². The van der Waals surface area contributed by atoms with Gasteiger partial charge in [-0.05, 0) is 37.3 Å². The van der Waals surface area contributed by atoms with Gasteiger partial charge >= 0.3 is 0 Å². The van der Waals surface area contributed by atoms with Crippen molar-refractivity contribution in [2.75, 3.05) is 5.75 Å². The van der Waals surface area contributed by atoms with Crippen molar-refractivity contribution in [2.45, 2.75) is 25.7 Å². The second-order valence-corrected chi connectivity index (χ2v) is 5.77. The number of thioether (sulfide) groups is 1. The van der Waals surface area contributed by atoms with Gasteiger partial charge in [0.25, 0.3) is 5.56 Å². The molecule has 0 aliphatic carbocycles. The van der Waals surface area contributed by atoms with Crippen molar-refractivity contribution >= 4 is 17.5 Å². The molecular formula is C16H17NO2S. The number of rotatable bonds is 4. The Labute approximate surface area is 122 Å². The maximum Gasteiger partial charge on any atom is 0.269 e. The van der Waals surface area contributed by atoms with Crippen molar-refractivity contribution < 1.29 is 4.79 Å². The number of pyridine rings is 1. The Morgan fingerprint density at radius 3 is 2.45 bits per heavy atom. The highest BCUT2D eigenvalue weighted by atomic mass is 32.2. The van der Waals surface area contributed by atoms with E-state index in [1.807, 2.05) is 44.2 Å². The molecule has 2 rings (SSSR count). The third-order valence-corrected chi connectivity index (χ3v) is 4.18. The average Bonchev–Trinajstić information content (AvgIpc) is 2.44. The van der Waals surface area contributed by atoms with Gasteiger partial charge in [-0.3, -0.25) is 14.2 Å². The number of carbonyl (C=O) groups excluding carboxylic acids is 1. The van der Waals surface area contributed by atoms with Crippen LogP contribution < -0.4 is 5.56 Å². The van der Waals surface area contributed by atoms with Crippen LogP contribution in [-0.4, -0.2) is 16.1 Å². The molecule has 3 nitrogen and oxygen atoms in total. The monoisotopic (exact) mass is 287 g/mol. The zero-order valence-corrected chi connectivity index (χ0v) is 12.7. The van der Waals surface area contributed by atoms with Gasteiger partial charge in [0.1, 0.15) is 0 Å². The lowest BCUT2D eigenvalue weighted by molar-refractivity contribution is 0.101. The minimum Gasteiger partial charge on any atom is -0.294 e. The minimum atomic E-state index is -0.0643. The highest BCUT2D eigenvalue weighted by Gasteiger charge is 2.15. The molecule has 0 spiro atoms.